The summed E-state index contributed by atoms with van der Waals surface area (Å²) in [6.45, 7) is 14.8. The maximum Gasteiger partial charge on any atom is 0.303 e. The summed E-state index contributed by atoms with van der Waals surface area (Å²) in [4.78, 5) is 11.6. The fourth-order valence-corrected chi connectivity index (χ4v) is 8.79. The Kier molecular flexibility index (Phi) is 5.24. The molecule has 0 aromatic heterocycles. The summed E-state index contributed by atoms with van der Waals surface area (Å²) < 4.78 is 24.3. The van der Waals surface area contributed by atoms with Crippen LogP contribution in [-0.2, 0) is 23.7 Å². The fraction of sp³-hybridized carbons (Fsp3) is 0.828. The van der Waals surface area contributed by atoms with Crippen LogP contribution in [0.3, 0.4) is 0 Å². The molecule has 4 aliphatic carbocycles. The van der Waals surface area contributed by atoms with E-state index in [0.717, 1.165) is 19.6 Å². The van der Waals surface area contributed by atoms with E-state index in [4.69, 9.17) is 18.9 Å². The van der Waals surface area contributed by atoms with Gasteiger partial charge < -0.3 is 18.9 Å². The molecule has 2 aliphatic heterocycles. The van der Waals surface area contributed by atoms with Crippen LogP contribution >= 0.6 is 0 Å². The molecular formula is C29H42O5. The smallest absolute Gasteiger partial charge is 0.303 e. The number of fused-ring (bicyclic) bond motifs is 7. The van der Waals surface area contributed by atoms with Gasteiger partial charge >= 0.3 is 5.97 Å². The highest BCUT2D eigenvalue weighted by Gasteiger charge is 2.67. The van der Waals surface area contributed by atoms with E-state index in [2.05, 4.69) is 46.8 Å². The normalized spacial score (nSPS) is 47.8. The molecule has 5 fully saturated rings. The van der Waals surface area contributed by atoms with E-state index in [9.17, 15) is 4.79 Å². The monoisotopic (exact) mass is 470 g/mol. The van der Waals surface area contributed by atoms with Crippen LogP contribution in [-0.4, -0.2) is 43.8 Å². The highest BCUT2D eigenvalue weighted by molar-refractivity contribution is 5.66. The van der Waals surface area contributed by atoms with Gasteiger partial charge in [0.05, 0.1) is 19.3 Å². The van der Waals surface area contributed by atoms with Crippen molar-refractivity contribution in [2.45, 2.75) is 98.2 Å². The Labute approximate surface area is 204 Å². The summed E-state index contributed by atoms with van der Waals surface area (Å²) in [7, 11) is 0. The molecule has 2 saturated heterocycles. The van der Waals surface area contributed by atoms with Crippen molar-refractivity contribution in [2.24, 2.45) is 39.9 Å². The minimum atomic E-state index is -0.204. The second-order valence-corrected chi connectivity index (χ2v) is 13.4. The maximum absolute atomic E-state index is 11.6. The predicted octanol–water partition coefficient (Wildman–Crippen LogP) is 5.44. The van der Waals surface area contributed by atoms with Crippen molar-refractivity contribution in [1.29, 1.82) is 0 Å². The van der Waals surface area contributed by atoms with Gasteiger partial charge in [-0.3, -0.25) is 4.79 Å². The lowest BCUT2D eigenvalue weighted by Crippen LogP contribution is -2.51. The average Bonchev–Trinajstić information content (AvgIpc) is 3.51. The van der Waals surface area contributed by atoms with E-state index in [1.807, 2.05) is 0 Å². The highest BCUT2D eigenvalue weighted by Crippen LogP contribution is 2.68. The van der Waals surface area contributed by atoms with Crippen molar-refractivity contribution >= 4 is 5.97 Å². The van der Waals surface area contributed by atoms with Crippen molar-refractivity contribution in [2.75, 3.05) is 13.2 Å². The second-order valence-electron chi connectivity index (χ2n) is 13.4. The molecule has 0 radical (unpaired) electrons. The largest absolute Gasteiger partial charge is 0.459 e. The SMILES string of the molecule is CC(=O)O[C@@H]1CC2=CC=C3[C@@H]4CC[C@H](C(C)C5OCC(C)(C)CO5)[C@@]4(C)CC[C@@H]3[C@@]2(C)[C@H]2O[C@@H]12. The van der Waals surface area contributed by atoms with Crippen LogP contribution in [0.15, 0.2) is 23.3 Å². The molecule has 6 aliphatic rings. The number of carbonyl (C=O) groups is 1. The van der Waals surface area contributed by atoms with Gasteiger partial charge in [0, 0.05) is 30.1 Å². The maximum atomic E-state index is 11.6. The van der Waals surface area contributed by atoms with Crippen LogP contribution in [0.25, 0.3) is 0 Å². The standard InChI is InChI=1S/C29H42O5/c1-16(26-31-14-27(3,4)15-32-26)20-9-10-21-19-8-7-18-13-23(33-17(2)30)24-25(34-24)29(18,6)22(19)11-12-28(20,21)5/h7-8,16,20-26H,9-15H2,1-6H3/t16?,20-,21+,22+,23-,24+,25+,28-,29+/m1/s1. The molecule has 5 heteroatoms. The van der Waals surface area contributed by atoms with Crippen molar-refractivity contribution in [3.63, 3.8) is 0 Å². The topological polar surface area (TPSA) is 57.3 Å². The van der Waals surface area contributed by atoms with Gasteiger partial charge in [-0.25, -0.2) is 0 Å². The van der Waals surface area contributed by atoms with Gasteiger partial charge in [0.1, 0.15) is 12.2 Å². The van der Waals surface area contributed by atoms with Crippen molar-refractivity contribution in [3.05, 3.63) is 23.3 Å². The number of hydrogen-bond acceptors (Lipinski definition) is 5. The van der Waals surface area contributed by atoms with Gasteiger partial charge in [0.15, 0.2) is 6.29 Å². The third-order valence-corrected chi connectivity index (χ3v) is 10.6. The van der Waals surface area contributed by atoms with Crippen LogP contribution < -0.4 is 0 Å². The number of allylic oxidation sites excluding steroid dienone is 3. The molecule has 0 bridgehead atoms. The first-order chi connectivity index (χ1) is 16.0. The summed E-state index contributed by atoms with van der Waals surface area (Å²) in [6, 6.07) is 0. The third-order valence-electron chi connectivity index (χ3n) is 10.6. The average molecular weight is 471 g/mol. The van der Waals surface area contributed by atoms with Gasteiger partial charge in [0.2, 0.25) is 0 Å². The zero-order chi connectivity index (χ0) is 24.0. The molecule has 0 spiro atoms. The first kappa shape index (κ1) is 23.2. The number of carbonyl (C=O) groups excluding carboxylic acids is 1. The Hall–Kier alpha value is -1.17. The summed E-state index contributed by atoms with van der Waals surface area (Å²) in [5.41, 5.74) is 3.52. The van der Waals surface area contributed by atoms with Crippen LogP contribution in [0.1, 0.15) is 73.6 Å². The highest BCUT2D eigenvalue weighted by atomic mass is 16.7. The zero-order valence-electron chi connectivity index (χ0n) is 21.8. The molecule has 0 N–H and O–H groups in total. The number of epoxide rings is 1. The quantitative estimate of drug-likeness (QED) is 0.406. The van der Waals surface area contributed by atoms with Crippen molar-refractivity contribution in [3.8, 4) is 0 Å². The lowest BCUT2D eigenvalue weighted by atomic mass is 9.50. The lowest BCUT2D eigenvalue weighted by molar-refractivity contribution is -0.252. The van der Waals surface area contributed by atoms with Gasteiger partial charge in [-0.05, 0) is 48.9 Å². The Bertz CT molecular complexity index is 925. The fourth-order valence-electron chi connectivity index (χ4n) is 8.79. The molecular weight excluding hydrogens is 428 g/mol. The van der Waals surface area contributed by atoms with E-state index in [0.29, 0.717) is 29.1 Å². The van der Waals surface area contributed by atoms with Gasteiger partial charge in [-0.15, -0.1) is 0 Å². The first-order valence-corrected chi connectivity index (χ1v) is 13.5. The molecule has 9 atom stereocenters. The van der Waals surface area contributed by atoms with E-state index in [-0.39, 0.29) is 41.4 Å². The zero-order valence-corrected chi connectivity index (χ0v) is 21.8. The van der Waals surface area contributed by atoms with Crippen LogP contribution in [0.2, 0.25) is 0 Å². The molecule has 2 heterocycles. The number of hydrogen-bond donors (Lipinski definition) is 0. The minimum absolute atomic E-state index is 0.0393. The lowest BCUT2D eigenvalue weighted by Gasteiger charge is -2.54. The molecule has 6 rings (SSSR count). The molecule has 0 aromatic carbocycles. The minimum Gasteiger partial charge on any atom is -0.459 e. The Morgan fingerprint density at radius 1 is 1.06 bits per heavy atom. The summed E-state index contributed by atoms with van der Waals surface area (Å²) in [5, 5.41) is 0. The number of esters is 1. The van der Waals surface area contributed by atoms with Gasteiger partial charge in [-0.1, -0.05) is 57.9 Å². The Morgan fingerprint density at radius 3 is 2.50 bits per heavy atom. The molecule has 34 heavy (non-hydrogen) atoms. The van der Waals surface area contributed by atoms with Gasteiger partial charge in [-0.2, -0.15) is 0 Å². The molecule has 188 valence electrons. The molecule has 5 nitrogen and oxygen atoms in total. The van der Waals surface area contributed by atoms with Crippen LogP contribution in [0.4, 0.5) is 0 Å². The first-order valence-electron chi connectivity index (χ1n) is 13.5. The van der Waals surface area contributed by atoms with Crippen LogP contribution in [0.5, 0.6) is 0 Å². The van der Waals surface area contributed by atoms with Gasteiger partial charge in [0.25, 0.3) is 0 Å². The third kappa shape index (κ3) is 3.33. The van der Waals surface area contributed by atoms with Crippen molar-refractivity contribution in [1.82, 2.24) is 0 Å². The van der Waals surface area contributed by atoms with E-state index in [1.54, 1.807) is 5.57 Å². The second kappa shape index (κ2) is 7.66. The predicted molar refractivity (Wildman–Crippen MR) is 129 cm³/mol. The summed E-state index contributed by atoms with van der Waals surface area (Å²) >= 11 is 0. The molecule has 0 aromatic rings. The molecule has 1 unspecified atom stereocenters. The van der Waals surface area contributed by atoms with E-state index in [1.165, 1.54) is 38.2 Å². The summed E-state index contributed by atoms with van der Waals surface area (Å²) in [6.07, 6.45) is 10.6. The molecule has 3 saturated carbocycles. The Balaban J connectivity index is 1.24. The summed E-state index contributed by atoms with van der Waals surface area (Å²) in [5.74, 6) is 1.98. The van der Waals surface area contributed by atoms with Crippen molar-refractivity contribution < 1.29 is 23.7 Å². The van der Waals surface area contributed by atoms with E-state index < -0.39 is 0 Å². The number of ether oxygens (including phenoxy) is 4. The van der Waals surface area contributed by atoms with E-state index >= 15 is 0 Å². The van der Waals surface area contributed by atoms with Crippen LogP contribution in [0, 0.1) is 39.9 Å². The number of rotatable bonds is 3. The molecule has 0 amide bonds. The Morgan fingerprint density at radius 2 is 1.79 bits per heavy atom.